The summed E-state index contributed by atoms with van der Waals surface area (Å²) in [6.45, 7) is 7.04. The molecule has 0 rings (SSSR count). The Balaban J connectivity index is 3.26. The second kappa shape index (κ2) is 12.9. The lowest BCUT2D eigenvalue weighted by atomic mass is 10.00. The highest BCUT2D eigenvalue weighted by molar-refractivity contribution is 4.56. The number of hydrogen-bond acceptors (Lipinski definition) is 3. The minimum absolute atomic E-state index is 0.0919. The maximum absolute atomic E-state index is 8.50. The SMILES string of the molecule is CCCCCC(CC)COCCOCCO. The maximum Gasteiger partial charge on any atom is 0.0701 e. The third-order valence-electron chi connectivity index (χ3n) is 2.75. The molecule has 3 nitrogen and oxygen atoms in total. The molecule has 1 unspecified atom stereocenters. The zero-order chi connectivity index (χ0) is 12.1. The van der Waals surface area contributed by atoms with E-state index in [-0.39, 0.29) is 6.61 Å². The Bertz CT molecular complexity index is 128. The van der Waals surface area contributed by atoms with Crippen molar-refractivity contribution >= 4 is 0 Å². The molecule has 0 aromatic heterocycles. The van der Waals surface area contributed by atoms with Crippen LogP contribution < -0.4 is 0 Å². The van der Waals surface area contributed by atoms with E-state index >= 15 is 0 Å². The molecule has 1 N–H and O–H groups in total. The number of ether oxygens (including phenoxy) is 2. The molecule has 0 aromatic rings. The van der Waals surface area contributed by atoms with Crippen LogP contribution in [0.15, 0.2) is 0 Å². The molecular weight excluding hydrogens is 204 g/mol. The number of unbranched alkanes of at least 4 members (excludes halogenated alkanes) is 2. The van der Waals surface area contributed by atoms with Crippen LogP contribution in [0.25, 0.3) is 0 Å². The smallest absolute Gasteiger partial charge is 0.0701 e. The Hall–Kier alpha value is -0.120. The highest BCUT2D eigenvalue weighted by atomic mass is 16.5. The third kappa shape index (κ3) is 10.4. The van der Waals surface area contributed by atoms with Gasteiger partial charge in [0.1, 0.15) is 0 Å². The summed E-state index contributed by atoms with van der Waals surface area (Å²) in [4.78, 5) is 0. The van der Waals surface area contributed by atoms with E-state index in [9.17, 15) is 0 Å². The van der Waals surface area contributed by atoms with Crippen LogP contribution in [0.2, 0.25) is 0 Å². The zero-order valence-corrected chi connectivity index (χ0v) is 10.9. The van der Waals surface area contributed by atoms with Gasteiger partial charge in [0.25, 0.3) is 0 Å². The van der Waals surface area contributed by atoms with Gasteiger partial charge in [-0.3, -0.25) is 0 Å². The molecule has 1 atom stereocenters. The van der Waals surface area contributed by atoms with Crippen molar-refractivity contribution in [3.8, 4) is 0 Å². The Morgan fingerprint density at radius 3 is 2.38 bits per heavy atom. The van der Waals surface area contributed by atoms with Crippen molar-refractivity contribution in [3.63, 3.8) is 0 Å². The molecule has 0 aliphatic rings. The van der Waals surface area contributed by atoms with Crippen molar-refractivity contribution in [1.29, 1.82) is 0 Å². The molecule has 98 valence electrons. The van der Waals surface area contributed by atoms with Crippen LogP contribution >= 0.6 is 0 Å². The first kappa shape index (κ1) is 15.9. The van der Waals surface area contributed by atoms with Crippen molar-refractivity contribution in [2.75, 3.05) is 33.0 Å². The highest BCUT2D eigenvalue weighted by Crippen LogP contribution is 2.13. The molecule has 0 aliphatic heterocycles. The van der Waals surface area contributed by atoms with E-state index in [1.165, 1.54) is 32.1 Å². The normalized spacial score (nSPS) is 12.9. The van der Waals surface area contributed by atoms with E-state index in [1.54, 1.807) is 0 Å². The largest absolute Gasteiger partial charge is 0.394 e. The van der Waals surface area contributed by atoms with Gasteiger partial charge in [-0.15, -0.1) is 0 Å². The lowest BCUT2D eigenvalue weighted by Gasteiger charge is -2.14. The quantitative estimate of drug-likeness (QED) is 0.526. The van der Waals surface area contributed by atoms with Crippen molar-refractivity contribution in [3.05, 3.63) is 0 Å². The van der Waals surface area contributed by atoms with Gasteiger partial charge in [-0.25, -0.2) is 0 Å². The molecule has 0 aliphatic carbocycles. The van der Waals surface area contributed by atoms with Crippen LogP contribution in [-0.2, 0) is 9.47 Å². The molecule has 16 heavy (non-hydrogen) atoms. The Morgan fingerprint density at radius 1 is 1.00 bits per heavy atom. The fourth-order valence-electron chi connectivity index (χ4n) is 1.62. The van der Waals surface area contributed by atoms with E-state index in [4.69, 9.17) is 14.6 Å². The van der Waals surface area contributed by atoms with Crippen molar-refractivity contribution in [2.45, 2.75) is 46.0 Å². The molecule has 0 aromatic carbocycles. The van der Waals surface area contributed by atoms with Crippen LogP contribution in [0.5, 0.6) is 0 Å². The fraction of sp³-hybridized carbons (Fsp3) is 1.00. The van der Waals surface area contributed by atoms with Gasteiger partial charge in [0.15, 0.2) is 0 Å². The summed E-state index contributed by atoms with van der Waals surface area (Å²) in [7, 11) is 0. The van der Waals surface area contributed by atoms with Crippen LogP contribution in [0.3, 0.4) is 0 Å². The predicted molar refractivity (Wildman–Crippen MR) is 66.6 cm³/mol. The summed E-state index contributed by atoms with van der Waals surface area (Å²) < 4.78 is 10.7. The van der Waals surface area contributed by atoms with Gasteiger partial charge in [-0.05, 0) is 12.3 Å². The zero-order valence-electron chi connectivity index (χ0n) is 10.9. The van der Waals surface area contributed by atoms with Gasteiger partial charge in [0.2, 0.25) is 0 Å². The highest BCUT2D eigenvalue weighted by Gasteiger charge is 2.05. The summed E-state index contributed by atoms with van der Waals surface area (Å²) >= 11 is 0. The van der Waals surface area contributed by atoms with E-state index < -0.39 is 0 Å². The summed E-state index contributed by atoms with van der Waals surface area (Å²) in [6, 6.07) is 0. The second-order valence-electron chi connectivity index (χ2n) is 4.18. The number of hydrogen-bond donors (Lipinski definition) is 1. The lowest BCUT2D eigenvalue weighted by Crippen LogP contribution is -2.13. The van der Waals surface area contributed by atoms with Gasteiger partial charge >= 0.3 is 0 Å². The van der Waals surface area contributed by atoms with Crippen LogP contribution in [0, 0.1) is 5.92 Å². The number of aliphatic hydroxyl groups is 1. The molecule has 0 bridgehead atoms. The molecule has 0 fully saturated rings. The van der Waals surface area contributed by atoms with Crippen LogP contribution in [-0.4, -0.2) is 38.1 Å². The molecule has 0 heterocycles. The molecule has 0 spiro atoms. The second-order valence-corrected chi connectivity index (χ2v) is 4.18. The Labute approximate surface area is 100 Å². The van der Waals surface area contributed by atoms with Crippen molar-refractivity contribution < 1.29 is 14.6 Å². The van der Waals surface area contributed by atoms with E-state index in [0.29, 0.717) is 25.7 Å². The minimum Gasteiger partial charge on any atom is -0.394 e. The van der Waals surface area contributed by atoms with Gasteiger partial charge in [0.05, 0.1) is 26.4 Å². The predicted octanol–water partition coefficient (Wildman–Crippen LogP) is 2.62. The molecule has 0 amide bonds. The molecule has 0 saturated heterocycles. The first-order valence-corrected chi connectivity index (χ1v) is 6.61. The summed E-state index contributed by atoms with van der Waals surface area (Å²) in [5.41, 5.74) is 0. The molecule has 0 radical (unpaired) electrons. The summed E-state index contributed by atoms with van der Waals surface area (Å²) in [6.07, 6.45) is 6.41. The van der Waals surface area contributed by atoms with E-state index in [0.717, 1.165) is 6.61 Å². The summed E-state index contributed by atoms with van der Waals surface area (Å²) in [5.74, 6) is 0.699. The average molecular weight is 232 g/mol. The molecule has 3 heteroatoms. The first-order valence-electron chi connectivity index (χ1n) is 6.61. The topological polar surface area (TPSA) is 38.7 Å². The monoisotopic (exact) mass is 232 g/mol. The van der Waals surface area contributed by atoms with Gasteiger partial charge in [0, 0.05) is 6.61 Å². The van der Waals surface area contributed by atoms with Crippen LogP contribution in [0.1, 0.15) is 46.0 Å². The lowest BCUT2D eigenvalue weighted by molar-refractivity contribution is 0.0203. The maximum atomic E-state index is 8.50. The van der Waals surface area contributed by atoms with Gasteiger partial charge in [-0.1, -0.05) is 39.5 Å². The average Bonchev–Trinajstić information content (AvgIpc) is 2.31. The van der Waals surface area contributed by atoms with Gasteiger partial charge < -0.3 is 14.6 Å². The Kier molecular flexibility index (Phi) is 12.9. The van der Waals surface area contributed by atoms with Crippen molar-refractivity contribution in [2.24, 2.45) is 5.92 Å². The van der Waals surface area contributed by atoms with Crippen LogP contribution in [0.4, 0.5) is 0 Å². The standard InChI is InChI=1S/C13H28O3/c1-3-5-6-7-13(4-2)12-16-11-10-15-9-8-14/h13-14H,3-12H2,1-2H3. The molecular formula is C13H28O3. The van der Waals surface area contributed by atoms with E-state index in [1.807, 2.05) is 0 Å². The van der Waals surface area contributed by atoms with Gasteiger partial charge in [-0.2, -0.15) is 0 Å². The van der Waals surface area contributed by atoms with E-state index in [2.05, 4.69) is 13.8 Å². The Morgan fingerprint density at radius 2 is 1.75 bits per heavy atom. The third-order valence-corrected chi connectivity index (χ3v) is 2.75. The number of rotatable bonds is 12. The number of aliphatic hydroxyl groups excluding tert-OH is 1. The molecule has 0 saturated carbocycles. The fourth-order valence-corrected chi connectivity index (χ4v) is 1.62. The summed E-state index contributed by atoms with van der Waals surface area (Å²) in [5, 5.41) is 8.50. The first-order chi connectivity index (χ1) is 7.85. The van der Waals surface area contributed by atoms with Crippen molar-refractivity contribution in [1.82, 2.24) is 0 Å². The minimum atomic E-state index is 0.0919.